The lowest BCUT2D eigenvalue weighted by molar-refractivity contribution is 0.627. The number of hydrogen-bond donors (Lipinski definition) is 2. The number of anilines is 3. The number of rotatable bonds is 6. The van der Waals surface area contributed by atoms with E-state index in [1.807, 2.05) is 0 Å². The Balaban J connectivity index is 1.61. The zero-order valence-electron chi connectivity index (χ0n) is 13.0. The fourth-order valence-corrected chi connectivity index (χ4v) is 2.50. The van der Waals surface area contributed by atoms with Crippen LogP contribution < -0.4 is 10.6 Å². The van der Waals surface area contributed by atoms with Gasteiger partial charge in [0.25, 0.3) is 0 Å². The van der Waals surface area contributed by atoms with Crippen molar-refractivity contribution < 1.29 is 4.39 Å². The Bertz CT molecular complexity index is 858. The molecule has 5 nitrogen and oxygen atoms in total. The van der Waals surface area contributed by atoms with Crippen molar-refractivity contribution in [1.82, 2.24) is 15.2 Å². The van der Waals surface area contributed by atoms with Crippen LogP contribution in [0.25, 0.3) is 0 Å². The molecule has 1 heterocycles. The predicted molar refractivity (Wildman–Crippen MR) is 98.2 cm³/mol. The molecule has 1 aromatic heterocycles. The van der Waals surface area contributed by atoms with Crippen molar-refractivity contribution in [3.63, 3.8) is 0 Å². The van der Waals surface area contributed by atoms with Crippen LogP contribution in [0.2, 0.25) is 10.0 Å². The Morgan fingerprint density at radius 2 is 1.84 bits per heavy atom. The Labute approximate surface area is 154 Å². The fourth-order valence-electron chi connectivity index (χ4n) is 2.15. The summed E-state index contributed by atoms with van der Waals surface area (Å²) in [4.78, 5) is 4.33. The predicted octanol–water partition coefficient (Wildman–Crippen LogP) is 4.72. The van der Waals surface area contributed by atoms with Gasteiger partial charge in [-0.2, -0.15) is 10.1 Å². The molecular formula is C17H14Cl2FN5. The van der Waals surface area contributed by atoms with Gasteiger partial charge in [-0.25, -0.2) is 4.39 Å². The third kappa shape index (κ3) is 4.78. The van der Waals surface area contributed by atoms with Crippen LogP contribution in [0.4, 0.5) is 21.8 Å². The minimum Gasteiger partial charge on any atom is -0.368 e. The van der Waals surface area contributed by atoms with Crippen LogP contribution in [0.3, 0.4) is 0 Å². The van der Waals surface area contributed by atoms with E-state index in [0.717, 1.165) is 12.0 Å². The zero-order valence-corrected chi connectivity index (χ0v) is 14.5. The number of aromatic nitrogens is 3. The summed E-state index contributed by atoms with van der Waals surface area (Å²) >= 11 is 12.1. The second-order valence-corrected chi connectivity index (χ2v) is 5.98. The highest BCUT2D eigenvalue weighted by atomic mass is 35.5. The molecule has 0 spiro atoms. The summed E-state index contributed by atoms with van der Waals surface area (Å²) < 4.78 is 12.9. The van der Waals surface area contributed by atoms with Crippen molar-refractivity contribution in [2.45, 2.75) is 6.42 Å². The molecule has 0 saturated heterocycles. The molecule has 0 aliphatic heterocycles. The van der Waals surface area contributed by atoms with E-state index in [4.69, 9.17) is 23.2 Å². The van der Waals surface area contributed by atoms with E-state index in [2.05, 4.69) is 25.8 Å². The molecule has 3 rings (SSSR count). The highest BCUT2D eigenvalue weighted by Crippen LogP contribution is 2.30. The van der Waals surface area contributed by atoms with Gasteiger partial charge < -0.3 is 10.6 Å². The minimum absolute atomic E-state index is 0.243. The van der Waals surface area contributed by atoms with Gasteiger partial charge in [0, 0.05) is 6.54 Å². The van der Waals surface area contributed by atoms with Crippen molar-refractivity contribution in [1.29, 1.82) is 0 Å². The molecule has 128 valence electrons. The molecule has 0 aliphatic rings. The first kappa shape index (κ1) is 17.4. The topological polar surface area (TPSA) is 62.7 Å². The van der Waals surface area contributed by atoms with Gasteiger partial charge in [0.15, 0.2) is 5.82 Å². The van der Waals surface area contributed by atoms with Crippen LogP contribution in [0.15, 0.2) is 48.7 Å². The first-order valence-corrected chi connectivity index (χ1v) is 8.26. The zero-order chi connectivity index (χ0) is 17.6. The molecule has 3 aromatic rings. The SMILES string of the molecule is Fc1ccc(CCNc2cnnc(Nc3cccc(Cl)c3Cl)n2)cc1. The summed E-state index contributed by atoms with van der Waals surface area (Å²) in [5.74, 6) is 0.626. The van der Waals surface area contributed by atoms with E-state index in [0.29, 0.717) is 34.0 Å². The lowest BCUT2D eigenvalue weighted by Gasteiger charge is -2.09. The summed E-state index contributed by atoms with van der Waals surface area (Å²) in [6.45, 7) is 0.627. The molecule has 0 unspecified atom stereocenters. The van der Waals surface area contributed by atoms with E-state index in [1.54, 1.807) is 30.3 Å². The quantitative estimate of drug-likeness (QED) is 0.650. The second-order valence-electron chi connectivity index (χ2n) is 5.19. The van der Waals surface area contributed by atoms with Gasteiger partial charge in [-0.05, 0) is 36.2 Å². The summed E-state index contributed by atoms with van der Waals surface area (Å²) in [7, 11) is 0. The van der Waals surface area contributed by atoms with Gasteiger partial charge in [0.05, 0.1) is 21.9 Å². The largest absolute Gasteiger partial charge is 0.368 e. The Morgan fingerprint density at radius 1 is 1.04 bits per heavy atom. The minimum atomic E-state index is -0.243. The summed E-state index contributed by atoms with van der Waals surface area (Å²) in [5.41, 5.74) is 1.62. The molecule has 8 heteroatoms. The maximum absolute atomic E-state index is 12.9. The van der Waals surface area contributed by atoms with Crippen LogP contribution in [0.1, 0.15) is 5.56 Å². The molecule has 0 saturated carbocycles. The molecule has 25 heavy (non-hydrogen) atoms. The number of halogens is 3. The molecule has 0 aliphatic carbocycles. The standard InChI is InChI=1S/C17H14Cl2FN5/c18-13-2-1-3-14(16(13)19)23-17-24-15(10-22-25-17)21-9-8-11-4-6-12(20)7-5-11/h1-7,10H,8-9H2,(H2,21,23,24,25). The highest BCUT2D eigenvalue weighted by Gasteiger charge is 2.07. The summed E-state index contributed by atoms with van der Waals surface area (Å²) in [6, 6.07) is 11.6. The normalized spacial score (nSPS) is 10.5. The Morgan fingerprint density at radius 3 is 2.64 bits per heavy atom. The van der Waals surface area contributed by atoms with E-state index < -0.39 is 0 Å². The smallest absolute Gasteiger partial charge is 0.249 e. The molecule has 2 N–H and O–H groups in total. The third-order valence-corrected chi connectivity index (χ3v) is 4.21. The number of benzene rings is 2. The van der Waals surface area contributed by atoms with E-state index in [-0.39, 0.29) is 5.82 Å². The van der Waals surface area contributed by atoms with Gasteiger partial charge in [0.2, 0.25) is 5.95 Å². The highest BCUT2D eigenvalue weighted by molar-refractivity contribution is 6.43. The van der Waals surface area contributed by atoms with Crippen molar-refractivity contribution in [3.8, 4) is 0 Å². The molecule has 2 aromatic carbocycles. The fraction of sp³-hybridized carbons (Fsp3) is 0.118. The van der Waals surface area contributed by atoms with Crippen molar-refractivity contribution in [3.05, 3.63) is 70.1 Å². The second kappa shape index (κ2) is 8.09. The monoisotopic (exact) mass is 377 g/mol. The van der Waals surface area contributed by atoms with Gasteiger partial charge >= 0.3 is 0 Å². The van der Waals surface area contributed by atoms with E-state index >= 15 is 0 Å². The maximum atomic E-state index is 12.9. The van der Waals surface area contributed by atoms with Gasteiger partial charge in [-0.3, -0.25) is 0 Å². The van der Waals surface area contributed by atoms with Crippen LogP contribution in [0, 0.1) is 5.82 Å². The maximum Gasteiger partial charge on any atom is 0.249 e. The average molecular weight is 378 g/mol. The number of nitrogens with one attached hydrogen (secondary N) is 2. The van der Waals surface area contributed by atoms with Crippen LogP contribution in [0.5, 0.6) is 0 Å². The number of hydrogen-bond acceptors (Lipinski definition) is 5. The van der Waals surface area contributed by atoms with Crippen LogP contribution >= 0.6 is 23.2 Å². The van der Waals surface area contributed by atoms with Crippen molar-refractivity contribution in [2.75, 3.05) is 17.2 Å². The summed E-state index contributed by atoms with van der Waals surface area (Å²) in [5, 5.41) is 14.8. The molecule has 0 radical (unpaired) electrons. The number of nitrogens with zero attached hydrogens (tertiary/aromatic N) is 3. The first-order valence-electron chi connectivity index (χ1n) is 7.51. The van der Waals surface area contributed by atoms with Crippen molar-refractivity contribution >= 4 is 40.7 Å². The molecule has 0 atom stereocenters. The lowest BCUT2D eigenvalue weighted by Crippen LogP contribution is -2.09. The first-order chi connectivity index (χ1) is 12.1. The third-order valence-electron chi connectivity index (χ3n) is 3.39. The summed E-state index contributed by atoms with van der Waals surface area (Å²) in [6.07, 6.45) is 2.25. The van der Waals surface area contributed by atoms with Crippen molar-refractivity contribution in [2.24, 2.45) is 0 Å². The van der Waals surface area contributed by atoms with E-state index in [1.165, 1.54) is 18.3 Å². The Kier molecular flexibility index (Phi) is 5.63. The van der Waals surface area contributed by atoms with Crippen LogP contribution in [-0.4, -0.2) is 21.7 Å². The van der Waals surface area contributed by atoms with Gasteiger partial charge in [0.1, 0.15) is 5.82 Å². The molecule has 0 amide bonds. The average Bonchev–Trinajstić information content (AvgIpc) is 2.61. The van der Waals surface area contributed by atoms with Gasteiger partial charge in [-0.15, -0.1) is 5.10 Å². The van der Waals surface area contributed by atoms with E-state index in [9.17, 15) is 4.39 Å². The van der Waals surface area contributed by atoms with Crippen LogP contribution in [-0.2, 0) is 6.42 Å². The van der Waals surface area contributed by atoms with Gasteiger partial charge in [-0.1, -0.05) is 41.4 Å². The molecular weight excluding hydrogens is 364 g/mol. The Hall–Kier alpha value is -2.44. The molecule has 0 bridgehead atoms. The lowest BCUT2D eigenvalue weighted by atomic mass is 10.1. The molecule has 0 fully saturated rings.